The van der Waals surface area contributed by atoms with Gasteiger partial charge in [0.1, 0.15) is 17.1 Å². The quantitative estimate of drug-likeness (QED) is 0.900. The summed E-state index contributed by atoms with van der Waals surface area (Å²) in [5.74, 6) is 2.08. The Balaban J connectivity index is 1.90. The second-order valence-corrected chi connectivity index (χ2v) is 7.43. The van der Waals surface area contributed by atoms with Crippen LogP contribution in [-0.4, -0.2) is 30.8 Å². The molecule has 0 spiro atoms. The van der Waals surface area contributed by atoms with E-state index in [1.165, 1.54) is 0 Å². The summed E-state index contributed by atoms with van der Waals surface area (Å²) in [6.45, 7) is 6.15. The minimum atomic E-state index is -0.262. The van der Waals surface area contributed by atoms with Gasteiger partial charge in [-0.05, 0) is 58.1 Å². The van der Waals surface area contributed by atoms with E-state index in [1.54, 1.807) is 7.11 Å². The first-order valence-electron chi connectivity index (χ1n) is 8.30. The molecule has 1 saturated carbocycles. The zero-order chi connectivity index (χ0) is 16.6. The summed E-state index contributed by atoms with van der Waals surface area (Å²) < 4.78 is 11.8. The molecule has 2 amide bonds. The van der Waals surface area contributed by atoms with Crippen molar-refractivity contribution in [2.45, 2.75) is 63.6 Å². The van der Waals surface area contributed by atoms with Crippen molar-refractivity contribution in [3.8, 4) is 11.5 Å². The van der Waals surface area contributed by atoms with Crippen LogP contribution in [0.2, 0.25) is 0 Å². The van der Waals surface area contributed by atoms with E-state index < -0.39 is 0 Å². The summed E-state index contributed by atoms with van der Waals surface area (Å²) in [6.07, 6.45) is 2.90. The molecule has 3 rings (SSSR count). The second kappa shape index (κ2) is 5.95. The summed E-state index contributed by atoms with van der Waals surface area (Å²) in [7, 11) is 1.70. The van der Waals surface area contributed by atoms with Gasteiger partial charge in [-0.1, -0.05) is 6.07 Å². The second-order valence-electron chi connectivity index (χ2n) is 7.43. The van der Waals surface area contributed by atoms with Crippen LogP contribution in [0.5, 0.6) is 11.5 Å². The summed E-state index contributed by atoms with van der Waals surface area (Å²) in [5, 5.41) is 6.03. The third kappa shape index (κ3) is 3.38. The van der Waals surface area contributed by atoms with Crippen LogP contribution in [0.4, 0.5) is 4.79 Å². The first-order valence-corrected chi connectivity index (χ1v) is 8.30. The van der Waals surface area contributed by atoms with E-state index in [1.807, 2.05) is 39.0 Å². The molecule has 5 heteroatoms. The van der Waals surface area contributed by atoms with Crippen molar-refractivity contribution in [1.82, 2.24) is 10.6 Å². The molecule has 23 heavy (non-hydrogen) atoms. The highest BCUT2D eigenvalue weighted by Gasteiger charge is 2.39. The van der Waals surface area contributed by atoms with Crippen molar-refractivity contribution >= 4 is 6.03 Å². The van der Waals surface area contributed by atoms with E-state index in [9.17, 15) is 4.79 Å². The van der Waals surface area contributed by atoms with Gasteiger partial charge in [-0.2, -0.15) is 0 Å². The molecule has 1 aromatic rings. The number of hydrogen-bond acceptors (Lipinski definition) is 3. The maximum atomic E-state index is 11.6. The van der Waals surface area contributed by atoms with Crippen LogP contribution in [0.25, 0.3) is 0 Å². The van der Waals surface area contributed by atoms with Crippen LogP contribution in [-0.2, 0) is 0 Å². The first-order chi connectivity index (χ1) is 10.9. The van der Waals surface area contributed by atoms with E-state index in [4.69, 9.17) is 9.47 Å². The molecular weight excluding hydrogens is 292 g/mol. The van der Waals surface area contributed by atoms with Gasteiger partial charge in [-0.15, -0.1) is 0 Å². The van der Waals surface area contributed by atoms with Crippen molar-refractivity contribution in [1.29, 1.82) is 0 Å². The normalized spacial score (nSPS) is 27.0. The highest BCUT2D eigenvalue weighted by atomic mass is 16.5. The fourth-order valence-corrected chi connectivity index (χ4v) is 3.67. The number of ether oxygens (including phenoxy) is 2. The Bertz CT molecular complexity index is 594. The van der Waals surface area contributed by atoms with Crippen molar-refractivity contribution in [3.63, 3.8) is 0 Å². The molecule has 5 nitrogen and oxygen atoms in total. The van der Waals surface area contributed by atoms with Crippen LogP contribution < -0.4 is 20.1 Å². The van der Waals surface area contributed by atoms with Crippen molar-refractivity contribution < 1.29 is 14.3 Å². The summed E-state index contributed by atoms with van der Waals surface area (Å²) in [6, 6.07) is 6.36. The van der Waals surface area contributed by atoms with Crippen LogP contribution in [0, 0.1) is 0 Å². The lowest BCUT2D eigenvalue weighted by Gasteiger charge is -2.33. The van der Waals surface area contributed by atoms with E-state index in [0.29, 0.717) is 5.92 Å². The fraction of sp³-hybridized carbons (Fsp3) is 0.611. The highest BCUT2D eigenvalue weighted by molar-refractivity contribution is 5.77. The van der Waals surface area contributed by atoms with Gasteiger partial charge < -0.3 is 20.1 Å². The molecule has 0 aromatic heterocycles. The number of urea groups is 1. The zero-order valence-electron chi connectivity index (χ0n) is 14.3. The molecule has 2 aliphatic rings. The first kappa shape index (κ1) is 16.0. The highest BCUT2D eigenvalue weighted by Crippen LogP contribution is 2.44. The Morgan fingerprint density at radius 3 is 2.48 bits per heavy atom. The van der Waals surface area contributed by atoms with Crippen molar-refractivity contribution in [2.24, 2.45) is 0 Å². The number of carbonyl (C=O) groups is 1. The Morgan fingerprint density at radius 2 is 1.78 bits per heavy atom. The maximum absolute atomic E-state index is 11.6. The fourth-order valence-electron chi connectivity index (χ4n) is 3.67. The smallest absolute Gasteiger partial charge is 0.315 e. The van der Waals surface area contributed by atoms with Gasteiger partial charge in [-0.3, -0.25) is 0 Å². The van der Waals surface area contributed by atoms with Gasteiger partial charge >= 0.3 is 6.03 Å². The lowest BCUT2D eigenvalue weighted by Crippen LogP contribution is -2.39. The molecule has 2 N–H and O–H groups in total. The number of methoxy groups -OCH3 is 1. The maximum Gasteiger partial charge on any atom is 0.315 e. The number of fused-ring (bicyclic) bond motifs is 1. The molecular formula is C18H26N2O3. The monoisotopic (exact) mass is 318 g/mol. The number of rotatable bonds is 3. The van der Waals surface area contributed by atoms with Crippen molar-refractivity contribution in [2.75, 3.05) is 7.11 Å². The number of hydrogen-bond donors (Lipinski definition) is 2. The summed E-state index contributed by atoms with van der Waals surface area (Å²) in [5.41, 5.74) is 0.867. The molecule has 0 bridgehead atoms. The van der Waals surface area contributed by atoms with Gasteiger partial charge in [0.05, 0.1) is 19.2 Å². The minimum Gasteiger partial charge on any atom is -0.496 e. The zero-order valence-corrected chi connectivity index (χ0v) is 14.3. The van der Waals surface area contributed by atoms with Crippen LogP contribution in [0.15, 0.2) is 18.2 Å². The largest absolute Gasteiger partial charge is 0.496 e. The van der Waals surface area contributed by atoms with Crippen LogP contribution in [0.3, 0.4) is 0 Å². The third-order valence-corrected chi connectivity index (χ3v) is 4.55. The van der Waals surface area contributed by atoms with Gasteiger partial charge in [0.25, 0.3) is 0 Å². The van der Waals surface area contributed by atoms with Crippen LogP contribution >= 0.6 is 0 Å². The molecule has 0 radical (unpaired) electrons. The molecule has 3 atom stereocenters. The third-order valence-electron chi connectivity index (χ3n) is 4.55. The SMILES string of the molecule is COc1cccc(OC(C)(C)C)c1C1CCC2NC(=O)NC2C1. The van der Waals surface area contributed by atoms with Gasteiger partial charge in [0.15, 0.2) is 0 Å². The Hall–Kier alpha value is -1.91. The molecule has 1 saturated heterocycles. The average Bonchev–Trinajstić information content (AvgIpc) is 2.84. The van der Waals surface area contributed by atoms with E-state index in [0.717, 1.165) is 36.3 Å². The molecule has 2 fully saturated rings. The summed E-state index contributed by atoms with van der Waals surface area (Å²) in [4.78, 5) is 11.6. The van der Waals surface area contributed by atoms with Gasteiger partial charge in [0, 0.05) is 5.56 Å². The molecule has 126 valence electrons. The predicted molar refractivity (Wildman–Crippen MR) is 89.2 cm³/mol. The Morgan fingerprint density at radius 1 is 1.09 bits per heavy atom. The van der Waals surface area contributed by atoms with Gasteiger partial charge in [0.2, 0.25) is 0 Å². The molecule has 1 aliphatic carbocycles. The van der Waals surface area contributed by atoms with E-state index in [2.05, 4.69) is 10.6 Å². The Kier molecular flexibility index (Phi) is 4.13. The number of benzene rings is 1. The van der Waals surface area contributed by atoms with E-state index in [-0.39, 0.29) is 23.7 Å². The lowest BCUT2D eigenvalue weighted by atomic mass is 9.78. The molecule has 3 unspecified atom stereocenters. The standard InChI is InChI=1S/C18H26N2O3/c1-18(2,3)23-15-7-5-6-14(22-4)16(15)11-8-9-12-13(10-11)20-17(21)19-12/h5-7,11-13H,8-10H2,1-4H3,(H2,19,20,21). The van der Waals surface area contributed by atoms with Gasteiger partial charge in [-0.25, -0.2) is 4.79 Å². The molecule has 1 heterocycles. The minimum absolute atomic E-state index is 0.0492. The summed E-state index contributed by atoms with van der Waals surface area (Å²) >= 11 is 0. The Labute approximate surface area is 137 Å². The molecule has 1 aliphatic heterocycles. The van der Waals surface area contributed by atoms with E-state index >= 15 is 0 Å². The predicted octanol–water partition coefficient (Wildman–Crippen LogP) is 3.19. The average molecular weight is 318 g/mol. The number of amides is 2. The number of carbonyl (C=O) groups excluding carboxylic acids is 1. The van der Waals surface area contributed by atoms with Crippen molar-refractivity contribution in [3.05, 3.63) is 23.8 Å². The topological polar surface area (TPSA) is 59.6 Å². The lowest BCUT2D eigenvalue weighted by molar-refractivity contribution is 0.127. The number of nitrogens with one attached hydrogen (secondary N) is 2. The van der Waals surface area contributed by atoms with Crippen LogP contribution in [0.1, 0.15) is 51.5 Å². The molecule has 1 aromatic carbocycles.